The molecule has 2 aliphatic rings. The zero-order valence-corrected chi connectivity index (χ0v) is 9.61. The molecule has 4 N–H and O–H groups in total. The first-order valence-corrected chi connectivity index (χ1v) is 6.20. The normalized spacial score (nSPS) is 26.6. The molecule has 1 saturated heterocycles. The molecule has 2 atom stereocenters. The van der Waals surface area contributed by atoms with Gasteiger partial charge in [0.2, 0.25) is 10.3 Å². The van der Waals surface area contributed by atoms with Crippen molar-refractivity contribution in [2.75, 3.05) is 5.01 Å². The van der Waals surface area contributed by atoms with Gasteiger partial charge in [-0.15, -0.1) is 0 Å². The lowest BCUT2D eigenvalue weighted by Gasteiger charge is -2.32. The average molecular weight is 253 g/mol. The molecule has 0 radical (unpaired) electrons. The summed E-state index contributed by atoms with van der Waals surface area (Å²) >= 11 is 0. The maximum Gasteiger partial charge on any atom is 0.219 e. The van der Waals surface area contributed by atoms with E-state index in [1.54, 1.807) is 17.3 Å². The van der Waals surface area contributed by atoms with Gasteiger partial charge in [-0.3, -0.25) is 15.3 Å². The number of pyridine rings is 1. The highest BCUT2D eigenvalue weighted by molar-refractivity contribution is 7.73. The van der Waals surface area contributed by atoms with Crippen LogP contribution in [0.25, 0.3) is 0 Å². The summed E-state index contributed by atoms with van der Waals surface area (Å²) in [5, 5.41) is 4.80. The molecule has 0 amide bonds. The Labute approximate surface area is 99.1 Å². The van der Waals surface area contributed by atoms with Crippen LogP contribution in [0.2, 0.25) is 0 Å². The molecule has 3 rings (SSSR count). The summed E-state index contributed by atoms with van der Waals surface area (Å²) in [6.07, 6.45) is 0.574. The topological polar surface area (TPSA) is 100 Å². The van der Waals surface area contributed by atoms with Crippen molar-refractivity contribution in [2.24, 2.45) is 5.73 Å². The van der Waals surface area contributed by atoms with Crippen molar-refractivity contribution in [1.29, 1.82) is 0 Å². The van der Waals surface area contributed by atoms with Gasteiger partial charge in [-0.05, 0) is 12.1 Å². The number of nitrogens with one attached hydrogen (secondary N) is 2. The quantitative estimate of drug-likeness (QED) is 0.468. The Hall–Kier alpha value is -1.48. The summed E-state index contributed by atoms with van der Waals surface area (Å²) in [4.78, 5) is 4.45. The Kier molecular flexibility index (Phi) is 2.37. The van der Waals surface area contributed by atoms with E-state index in [1.165, 1.54) is 0 Å². The summed E-state index contributed by atoms with van der Waals surface area (Å²) < 4.78 is 22.3. The van der Waals surface area contributed by atoms with Crippen molar-refractivity contribution >= 4 is 20.8 Å². The Morgan fingerprint density at radius 2 is 2.35 bits per heavy atom. The first kappa shape index (κ1) is 10.7. The van der Waals surface area contributed by atoms with Crippen molar-refractivity contribution in [3.05, 3.63) is 24.0 Å². The number of aromatic nitrogens is 1. The van der Waals surface area contributed by atoms with Crippen LogP contribution in [0.5, 0.6) is 0 Å². The van der Waals surface area contributed by atoms with E-state index in [0.717, 1.165) is 11.4 Å². The molecule has 2 unspecified atom stereocenters. The number of hydrogen-bond acceptors (Lipinski definition) is 7. The van der Waals surface area contributed by atoms with Gasteiger partial charge in [0.15, 0.2) is 0 Å². The summed E-state index contributed by atoms with van der Waals surface area (Å²) in [5.41, 5.74) is 10.4. The number of hydrazine groups is 1. The molecule has 0 saturated carbocycles. The smallest absolute Gasteiger partial charge is 0.219 e. The van der Waals surface area contributed by atoms with Gasteiger partial charge in [-0.25, -0.2) is 5.43 Å². The van der Waals surface area contributed by atoms with E-state index >= 15 is 0 Å². The van der Waals surface area contributed by atoms with Gasteiger partial charge < -0.3 is 5.73 Å². The molecule has 0 spiro atoms. The first-order valence-electron chi connectivity index (χ1n) is 5.13. The van der Waals surface area contributed by atoms with Crippen LogP contribution in [-0.4, -0.2) is 30.6 Å². The molecule has 7 nitrogen and oxygen atoms in total. The fourth-order valence-electron chi connectivity index (χ4n) is 2.16. The van der Waals surface area contributed by atoms with Crippen LogP contribution in [0.3, 0.4) is 0 Å². The van der Waals surface area contributed by atoms with Crippen LogP contribution < -0.4 is 21.5 Å². The van der Waals surface area contributed by atoms with E-state index in [1.807, 2.05) is 6.07 Å². The number of anilines is 1. The van der Waals surface area contributed by atoms with Gasteiger partial charge in [0.25, 0.3) is 0 Å². The lowest BCUT2D eigenvalue weighted by molar-refractivity contribution is 0.524. The number of fused-ring (bicyclic) bond motifs is 3. The number of nitrogens with zero attached hydrogens (tertiary/aromatic N) is 2. The number of nitrogens with two attached hydrogens (primary N) is 1. The second kappa shape index (κ2) is 3.77. The van der Waals surface area contributed by atoms with Crippen molar-refractivity contribution in [3.8, 4) is 0 Å². The van der Waals surface area contributed by atoms with Crippen LogP contribution in [0, 0.1) is 0 Å². The van der Waals surface area contributed by atoms with Crippen molar-refractivity contribution in [1.82, 2.24) is 15.7 Å². The van der Waals surface area contributed by atoms with Gasteiger partial charge in [0.05, 0.1) is 11.4 Å². The largest absolute Gasteiger partial charge is 0.310 e. The summed E-state index contributed by atoms with van der Waals surface area (Å²) in [5.74, 6) is 0. The fourth-order valence-corrected chi connectivity index (χ4v) is 2.79. The molecule has 0 bridgehead atoms. The van der Waals surface area contributed by atoms with Gasteiger partial charge in [0.1, 0.15) is 17.2 Å². The van der Waals surface area contributed by atoms with Crippen molar-refractivity contribution in [2.45, 2.75) is 18.9 Å². The van der Waals surface area contributed by atoms with Crippen LogP contribution in [0.1, 0.15) is 5.69 Å². The second-order valence-electron chi connectivity index (χ2n) is 3.87. The minimum atomic E-state index is -2.31. The van der Waals surface area contributed by atoms with Crippen molar-refractivity contribution in [3.63, 3.8) is 0 Å². The second-order valence-corrected chi connectivity index (χ2v) is 4.81. The number of hydrogen-bond donors (Lipinski definition) is 3. The Bertz CT molecular complexity index is 591. The van der Waals surface area contributed by atoms with Crippen LogP contribution in [-0.2, 0) is 16.8 Å². The molecule has 3 heterocycles. The van der Waals surface area contributed by atoms with Crippen LogP contribution in [0.15, 0.2) is 18.3 Å². The molecule has 17 heavy (non-hydrogen) atoms. The van der Waals surface area contributed by atoms with Crippen LogP contribution >= 0.6 is 0 Å². The molecule has 0 aliphatic carbocycles. The molecule has 90 valence electrons. The summed E-state index contributed by atoms with van der Waals surface area (Å²) in [6, 6.07) is 3.69. The zero-order chi connectivity index (χ0) is 12.0. The molecule has 1 aromatic heterocycles. The molecule has 1 aromatic rings. The molecule has 1 fully saturated rings. The van der Waals surface area contributed by atoms with Gasteiger partial charge >= 0.3 is 0 Å². The standard InChI is InChI=1S/C9H11N5O2S/c10-8-7(17(15)16)9-12-4-5-6(14(9)13-8)2-1-3-11-5/h1-3,8-9,12-13H,4,10H2. The van der Waals surface area contributed by atoms with E-state index in [9.17, 15) is 8.42 Å². The predicted octanol–water partition coefficient (Wildman–Crippen LogP) is -1.83. The highest BCUT2D eigenvalue weighted by Crippen LogP contribution is 2.25. The highest BCUT2D eigenvalue weighted by atomic mass is 32.2. The Balaban J connectivity index is 2.12. The Morgan fingerprint density at radius 3 is 3.12 bits per heavy atom. The molecule has 8 heteroatoms. The van der Waals surface area contributed by atoms with Gasteiger partial charge in [0, 0.05) is 12.7 Å². The zero-order valence-electron chi connectivity index (χ0n) is 8.79. The fraction of sp³-hybridized carbons (Fsp3) is 0.333. The SMILES string of the molecule is NC1NN2c3cccnc3CNC2C1=S(=O)=O. The summed E-state index contributed by atoms with van der Waals surface area (Å²) in [7, 11) is -2.31. The lowest BCUT2D eigenvalue weighted by Crippen LogP contribution is -2.51. The van der Waals surface area contributed by atoms with E-state index in [-0.39, 0.29) is 4.86 Å². The predicted molar refractivity (Wildman–Crippen MR) is 62.4 cm³/mol. The van der Waals surface area contributed by atoms with Gasteiger partial charge in [-0.2, -0.15) is 8.42 Å². The van der Waals surface area contributed by atoms with Gasteiger partial charge in [-0.1, -0.05) is 0 Å². The van der Waals surface area contributed by atoms with Crippen LogP contribution in [0.4, 0.5) is 5.69 Å². The average Bonchev–Trinajstić information content (AvgIpc) is 2.65. The monoisotopic (exact) mass is 253 g/mol. The number of rotatable bonds is 0. The third-order valence-electron chi connectivity index (χ3n) is 2.89. The minimum absolute atomic E-state index is 0.222. The molecular weight excluding hydrogens is 242 g/mol. The maximum atomic E-state index is 11.1. The lowest BCUT2D eigenvalue weighted by atomic mass is 10.2. The van der Waals surface area contributed by atoms with E-state index in [0.29, 0.717) is 6.54 Å². The minimum Gasteiger partial charge on any atom is -0.310 e. The van der Waals surface area contributed by atoms with E-state index in [4.69, 9.17) is 5.73 Å². The maximum absolute atomic E-state index is 11.1. The van der Waals surface area contributed by atoms with E-state index < -0.39 is 22.6 Å². The first-order chi connectivity index (χ1) is 8.18. The molecule has 2 aliphatic heterocycles. The summed E-state index contributed by atoms with van der Waals surface area (Å²) in [6.45, 7) is 0.520. The van der Waals surface area contributed by atoms with Crippen molar-refractivity contribution < 1.29 is 8.42 Å². The molecule has 0 aromatic carbocycles. The molecular formula is C9H11N5O2S. The van der Waals surface area contributed by atoms with E-state index in [2.05, 4.69) is 15.7 Å². The third kappa shape index (κ3) is 1.53. The Morgan fingerprint density at radius 1 is 1.53 bits per heavy atom. The third-order valence-corrected chi connectivity index (χ3v) is 3.76. The highest BCUT2D eigenvalue weighted by Gasteiger charge is 2.40.